The second-order valence-electron chi connectivity index (χ2n) is 7.58. The normalized spacial score (nSPS) is 18.8. The molecule has 5 rings (SSSR count). The molecule has 3 aromatic rings. The van der Waals surface area contributed by atoms with Gasteiger partial charge in [0.1, 0.15) is 0 Å². The number of nitrogens with zero attached hydrogens (tertiary/aromatic N) is 2. The van der Waals surface area contributed by atoms with Crippen molar-refractivity contribution in [1.82, 2.24) is 5.32 Å². The van der Waals surface area contributed by atoms with Crippen molar-refractivity contribution in [3.05, 3.63) is 95.6 Å². The Balaban J connectivity index is 1.68. The molecular formula is C25H24N4O. The van der Waals surface area contributed by atoms with Crippen molar-refractivity contribution in [2.75, 3.05) is 36.4 Å². The molecule has 0 bridgehead atoms. The van der Waals surface area contributed by atoms with Crippen molar-refractivity contribution >= 4 is 23.0 Å². The standard InChI is InChI=1S/C25H24N4O/c30-25-23(19-10-5-2-6-11-19)27-22(18-8-3-1-4-9-18)20-12-7-13-21(24(20)28-25)29-16-14-26-15-17-29/h1-13,23,26H,14-17H2,(H,28,30)/t23-/m0/s1. The van der Waals surface area contributed by atoms with Crippen LogP contribution < -0.4 is 15.5 Å². The van der Waals surface area contributed by atoms with Crippen LogP contribution in [0.5, 0.6) is 0 Å². The molecule has 2 heterocycles. The van der Waals surface area contributed by atoms with Gasteiger partial charge >= 0.3 is 0 Å². The van der Waals surface area contributed by atoms with Gasteiger partial charge in [0.2, 0.25) is 0 Å². The van der Waals surface area contributed by atoms with Crippen LogP contribution in [0.2, 0.25) is 0 Å². The lowest BCUT2D eigenvalue weighted by atomic mass is 9.99. The lowest BCUT2D eigenvalue weighted by Crippen LogP contribution is -2.44. The zero-order chi connectivity index (χ0) is 20.3. The van der Waals surface area contributed by atoms with Crippen LogP contribution in [0.15, 0.2) is 83.9 Å². The van der Waals surface area contributed by atoms with Crippen LogP contribution in [0.4, 0.5) is 11.4 Å². The van der Waals surface area contributed by atoms with E-state index in [1.54, 1.807) is 0 Å². The summed E-state index contributed by atoms with van der Waals surface area (Å²) in [5, 5.41) is 6.62. The SMILES string of the molecule is O=C1Nc2c(cccc2N2CCNCC2)C(c2ccccc2)=N[C@H]1c1ccccc1. The van der Waals surface area contributed by atoms with Gasteiger partial charge in [-0.05, 0) is 11.6 Å². The number of carbonyl (C=O) groups is 1. The number of piperazine rings is 1. The number of amides is 1. The highest BCUT2D eigenvalue weighted by Crippen LogP contribution is 2.36. The highest BCUT2D eigenvalue weighted by Gasteiger charge is 2.29. The van der Waals surface area contributed by atoms with E-state index >= 15 is 0 Å². The maximum atomic E-state index is 13.3. The highest BCUT2D eigenvalue weighted by molar-refractivity contribution is 6.21. The minimum Gasteiger partial charge on any atom is -0.367 e. The number of hydrogen-bond acceptors (Lipinski definition) is 4. The first-order valence-corrected chi connectivity index (χ1v) is 10.4. The Morgan fingerprint density at radius 3 is 2.27 bits per heavy atom. The van der Waals surface area contributed by atoms with Gasteiger partial charge in [-0.15, -0.1) is 0 Å². The molecule has 0 aliphatic carbocycles. The van der Waals surface area contributed by atoms with Gasteiger partial charge in [-0.3, -0.25) is 9.79 Å². The molecule has 0 spiro atoms. The van der Waals surface area contributed by atoms with E-state index in [0.717, 1.165) is 60.0 Å². The molecule has 5 heteroatoms. The molecule has 2 N–H and O–H groups in total. The smallest absolute Gasteiger partial charge is 0.253 e. The maximum absolute atomic E-state index is 13.3. The first-order valence-electron chi connectivity index (χ1n) is 10.4. The van der Waals surface area contributed by atoms with Gasteiger partial charge in [-0.2, -0.15) is 0 Å². The molecule has 5 nitrogen and oxygen atoms in total. The number of anilines is 2. The summed E-state index contributed by atoms with van der Waals surface area (Å²) in [4.78, 5) is 20.7. The Kier molecular flexibility index (Phi) is 5.03. The number of aliphatic imine (C=N–C) groups is 1. The number of para-hydroxylation sites is 1. The van der Waals surface area contributed by atoms with Gasteiger partial charge in [0.25, 0.3) is 5.91 Å². The second kappa shape index (κ2) is 8.13. The molecular weight excluding hydrogens is 372 g/mol. The zero-order valence-electron chi connectivity index (χ0n) is 16.7. The van der Waals surface area contributed by atoms with Crippen LogP contribution in [0.1, 0.15) is 22.7 Å². The third kappa shape index (κ3) is 3.48. The molecule has 0 radical (unpaired) electrons. The van der Waals surface area contributed by atoms with Crippen LogP contribution in [0, 0.1) is 0 Å². The minimum absolute atomic E-state index is 0.101. The van der Waals surface area contributed by atoms with E-state index in [1.807, 2.05) is 48.5 Å². The van der Waals surface area contributed by atoms with Crippen molar-refractivity contribution in [3.8, 4) is 0 Å². The fourth-order valence-electron chi connectivity index (χ4n) is 4.17. The molecule has 2 aliphatic heterocycles. The molecule has 0 unspecified atom stereocenters. The van der Waals surface area contributed by atoms with Crippen molar-refractivity contribution in [2.45, 2.75) is 6.04 Å². The molecule has 1 fully saturated rings. The first kappa shape index (κ1) is 18.6. The maximum Gasteiger partial charge on any atom is 0.253 e. The molecule has 2 aliphatic rings. The zero-order valence-corrected chi connectivity index (χ0v) is 16.7. The predicted octanol–water partition coefficient (Wildman–Crippen LogP) is 3.63. The lowest BCUT2D eigenvalue weighted by Gasteiger charge is -2.31. The number of carbonyl (C=O) groups excluding carboxylic acids is 1. The summed E-state index contributed by atoms with van der Waals surface area (Å²) >= 11 is 0. The van der Waals surface area contributed by atoms with Crippen molar-refractivity contribution in [3.63, 3.8) is 0 Å². The van der Waals surface area contributed by atoms with Gasteiger partial charge in [0.05, 0.1) is 17.1 Å². The third-order valence-corrected chi connectivity index (χ3v) is 5.67. The Labute approximate surface area is 176 Å². The number of benzodiazepines with no additional fused rings is 1. The Morgan fingerprint density at radius 1 is 0.833 bits per heavy atom. The molecule has 150 valence electrons. The van der Waals surface area contributed by atoms with Crippen LogP contribution in [0.3, 0.4) is 0 Å². The fraction of sp³-hybridized carbons (Fsp3) is 0.200. The Morgan fingerprint density at radius 2 is 1.53 bits per heavy atom. The van der Waals surface area contributed by atoms with Gasteiger partial charge in [0.15, 0.2) is 6.04 Å². The van der Waals surface area contributed by atoms with Crippen molar-refractivity contribution < 1.29 is 4.79 Å². The number of fused-ring (bicyclic) bond motifs is 1. The summed E-state index contributed by atoms with van der Waals surface area (Å²) in [6.07, 6.45) is 0. The van der Waals surface area contributed by atoms with E-state index in [2.05, 4.69) is 45.9 Å². The number of rotatable bonds is 3. The third-order valence-electron chi connectivity index (χ3n) is 5.67. The summed E-state index contributed by atoms with van der Waals surface area (Å²) < 4.78 is 0. The highest BCUT2D eigenvalue weighted by atomic mass is 16.2. The molecule has 1 amide bonds. The monoisotopic (exact) mass is 396 g/mol. The molecule has 0 saturated carbocycles. The minimum atomic E-state index is -0.593. The quantitative estimate of drug-likeness (QED) is 0.711. The van der Waals surface area contributed by atoms with E-state index in [4.69, 9.17) is 4.99 Å². The van der Waals surface area contributed by atoms with Crippen molar-refractivity contribution in [2.24, 2.45) is 4.99 Å². The summed E-state index contributed by atoms with van der Waals surface area (Å²) in [6, 6.07) is 25.5. The first-order chi connectivity index (χ1) is 14.8. The molecule has 3 aromatic carbocycles. The summed E-state index contributed by atoms with van der Waals surface area (Å²) in [5.41, 5.74) is 5.61. The van der Waals surface area contributed by atoms with E-state index < -0.39 is 6.04 Å². The molecule has 1 atom stereocenters. The average molecular weight is 396 g/mol. The topological polar surface area (TPSA) is 56.7 Å². The van der Waals surface area contributed by atoms with Gasteiger partial charge in [-0.25, -0.2) is 0 Å². The van der Waals surface area contributed by atoms with E-state index in [1.165, 1.54) is 0 Å². The molecule has 0 aromatic heterocycles. The Hall–Kier alpha value is -3.44. The number of benzene rings is 3. The van der Waals surface area contributed by atoms with E-state index in [0.29, 0.717) is 0 Å². The van der Waals surface area contributed by atoms with Crippen LogP contribution in [-0.2, 0) is 4.79 Å². The van der Waals surface area contributed by atoms with E-state index in [-0.39, 0.29) is 5.91 Å². The summed E-state index contributed by atoms with van der Waals surface area (Å²) in [6.45, 7) is 3.69. The summed E-state index contributed by atoms with van der Waals surface area (Å²) in [7, 11) is 0. The average Bonchev–Trinajstić information content (AvgIpc) is 2.97. The van der Waals surface area contributed by atoms with Crippen LogP contribution in [-0.4, -0.2) is 37.8 Å². The van der Waals surface area contributed by atoms with E-state index in [9.17, 15) is 4.79 Å². The van der Waals surface area contributed by atoms with Gasteiger partial charge < -0.3 is 15.5 Å². The number of hydrogen-bond donors (Lipinski definition) is 2. The summed E-state index contributed by atoms with van der Waals surface area (Å²) in [5.74, 6) is -0.101. The molecule has 30 heavy (non-hydrogen) atoms. The van der Waals surface area contributed by atoms with Crippen molar-refractivity contribution in [1.29, 1.82) is 0 Å². The lowest BCUT2D eigenvalue weighted by molar-refractivity contribution is -0.117. The fourth-order valence-corrected chi connectivity index (χ4v) is 4.17. The van der Waals surface area contributed by atoms with Gasteiger partial charge in [0, 0.05) is 37.3 Å². The van der Waals surface area contributed by atoms with Gasteiger partial charge in [-0.1, -0.05) is 72.8 Å². The van der Waals surface area contributed by atoms with Crippen LogP contribution >= 0.6 is 0 Å². The Bertz CT molecular complexity index is 1070. The predicted molar refractivity (Wildman–Crippen MR) is 121 cm³/mol. The largest absolute Gasteiger partial charge is 0.367 e. The van der Waals surface area contributed by atoms with Crippen LogP contribution in [0.25, 0.3) is 0 Å². The molecule has 1 saturated heterocycles. The second-order valence-corrected chi connectivity index (χ2v) is 7.58. The number of nitrogens with one attached hydrogen (secondary N) is 2.